The van der Waals surface area contributed by atoms with Gasteiger partial charge in [0.2, 0.25) is 10.0 Å². The number of ether oxygens (including phenoxy) is 2. The molecule has 0 fully saturated rings. The second kappa shape index (κ2) is 6.43. The number of hydrogen-bond acceptors (Lipinski definition) is 5. The first-order chi connectivity index (χ1) is 9.22. The van der Waals surface area contributed by atoms with Crippen LogP contribution < -0.4 is 15.2 Å². The highest BCUT2D eigenvalue weighted by molar-refractivity contribution is 7.89. The molecule has 0 aliphatic heterocycles. The predicted octanol–water partition coefficient (Wildman–Crippen LogP) is 1.37. The molecule has 1 aromatic rings. The second-order valence-corrected chi connectivity index (χ2v) is 6.83. The number of nitrogens with one attached hydrogen (secondary N) is 1. The number of rotatable bonds is 7. The van der Waals surface area contributed by atoms with Gasteiger partial charge >= 0.3 is 0 Å². The van der Waals surface area contributed by atoms with Gasteiger partial charge in [0.25, 0.3) is 0 Å². The Bertz CT molecular complexity index is 555. The van der Waals surface area contributed by atoms with E-state index in [4.69, 9.17) is 15.2 Å². The van der Waals surface area contributed by atoms with Crippen LogP contribution in [0.2, 0.25) is 0 Å². The summed E-state index contributed by atoms with van der Waals surface area (Å²) in [6.07, 6.45) is 0.632. The fraction of sp³-hybridized carbons (Fsp3) is 0.538. The van der Waals surface area contributed by atoms with Crippen molar-refractivity contribution in [3.8, 4) is 5.75 Å². The zero-order valence-electron chi connectivity index (χ0n) is 12.3. The smallest absolute Gasteiger partial charge is 0.244 e. The van der Waals surface area contributed by atoms with E-state index in [1.807, 2.05) is 13.8 Å². The van der Waals surface area contributed by atoms with E-state index in [0.717, 1.165) is 0 Å². The molecule has 1 aromatic carbocycles. The van der Waals surface area contributed by atoms with Crippen LogP contribution in [0.1, 0.15) is 20.3 Å². The Kier molecular flexibility index (Phi) is 5.38. The molecular formula is C13H22N2O4S. The topological polar surface area (TPSA) is 90.7 Å². The average Bonchev–Trinajstić information content (AvgIpc) is 2.40. The van der Waals surface area contributed by atoms with Crippen molar-refractivity contribution in [2.75, 3.05) is 26.5 Å². The number of sulfonamides is 1. The van der Waals surface area contributed by atoms with Crippen molar-refractivity contribution >= 4 is 15.7 Å². The summed E-state index contributed by atoms with van der Waals surface area (Å²) < 4.78 is 36.9. The summed E-state index contributed by atoms with van der Waals surface area (Å²) in [7, 11) is -0.640. The first kappa shape index (κ1) is 16.7. The van der Waals surface area contributed by atoms with E-state index >= 15 is 0 Å². The zero-order chi connectivity index (χ0) is 15.4. The predicted molar refractivity (Wildman–Crippen MR) is 78.3 cm³/mol. The Morgan fingerprint density at radius 2 is 2.00 bits per heavy atom. The van der Waals surface area contributed by atoms with Crippen LogP contribution in [0.15, 0.2) is 23.1 Å². The fourth-order valence-corrected chi connectivity index (χ4v) is 2.38. The minimum Gasteiger partial charge on any atom is -0.492 e. The van der Waals surface area contributed by atoms with Crippen LogP contribution in [-0.4, -0.2) is 34.8 Å². The summed E-state index contributed by atoms with van der Waals surface area (Å²) in [5.41, 5.74) is 5.67. The van der Waals surface area contributed by atoms with Crippen LogP contribution in [0.5, 0.6) is 5.75 Å². The minimum absolute atomic E-state index is 0.0372. The molecule has 1 rings (SSSR count). The number of hydrogen-bond donors (Lipinski definition) is 2. The van der Waals surface area contributed by atoms with Crippen molar-refractivity contribution in [2.45, 2.75) is 30.8 Å². The molecule has 0 saturated carbocycles. The Hall–Kier alpha value is -1.31. The summed E-state index contributed by atoms with van der Waals surface area (Å²) in [4.78, 5) is 0.0372. The molecule has 114 valence electrons. The van der Waals surface area contributed by atoms with E-state index < -0.39 is 10.0 Å². The molecule has 0 unspecified atom stereocenters. The molecule has 0 atom stereocenters. The summed E-state index contributed by atoms with van der Waals surface area (Å²) in [6.45, 7) is 4.21. The molecule has 0 bridgehead atoms. The van der Waals surface area contributed by atoms with E-state index in [0.29, 0.717) is 18.7 Å². The van der Waals surface area contributed by atoms with E-state index in [1.165, 1.54) is 13.1 Å². The molecule has 6 nitrogen and oxygen atoms in total. The Morgan fingerprint density at radius 1 is 1.35 bits per heavy atom. The summed E-state index contributed by atoms with van der Waals surface area (Å²) in [5, 5.41) is 0. The van der Waals surface area contributed by atoms with Crippen molar-refractivity contribution < 1.29 is 17.9 Å². The Labute approximate surface area is 120 Å². The number of anilines is 1. The van der Waals surface area contributed by atoms with Crippen molar-refractivity contribution in [1.82, 2.24) is 4.72 Å². The maximum atomic E-state index is 11.9. The van der Waals surface area contributed by atoms with Gasteiger partial charge in [0.1, 0.15) is 10.6 Å². The number of methoxy groups -OCH3 is 1. The lowest BCUT2D eigenvalue weighted by Crippen LogP contribution is -2.25. The van der Waals surface area contributed by atoms with E-state index in [-0.39, 0.29) is 16.2 Å². The van der Waals surface area contributed by atoms with Crippen LogP contribution in [0.25, 0.3) is 0 Å². The molecule has 3 N–H and O–H groups in total. The second-order valence-electron chi connectivity index (χ2n) is 4.98. The normalized spacial score (nSPS) is 12.4. The zero-order valence-corrected chi connectivity index (χ0v) is 13.1. The molecular weight excluding hydrogens is 280 g/mol. The Balaban J connectivity index is 2.91. The van der Waals surface area contributed by atoms with Crippen LogP contribution in [-0.2, 0) is 14.8 Å². The van der Waals surface area contributed by atoms with Gasteiger partial charge in [-0.2, -0.15) is 0 Å². The van der Waals surface area contributed by atoms with Gasteiger partial charge in [-0.3, -0.25) is 0 Å². The van der Waals surface area contributed by atoms with Crippen molar-refractivity contribution in [3.63, 3.8) is 0 Å². The molecule has 0 saturated heterocycles. The highest BCUT2D eigenvalue weighted by Crippen LogP contribution is 2.26. The molecule has 0 heterocycles. The third-order valence-electron chi connectivity index (χ3n) is 3.04. The number of nitrogens with two attached hydrogens (primary N) is 1. The fourth-order valence-electron chi connectivity index (χ4n) is 1.47. The van der Waals surface area contributed by atoms with Gasteiger partial charge in [-0.25, -0.2) is 13.1 Å². The highest BCUT2D eigenvalue weighted by Gasteiger charge is 2.20. The van der Waals surface area contributed by atoms with E-state index in [1.54, 1.807) is 19.2 Å². The van der Waals surface area contributed by atoms with Gasteiger partial charge in [-0.1, -0.05) is 0 Å². The van der Waals surface area contributed by atoms with Crippen molar-refractivity contribution in [1.29, 1.82) is 0 Å². The lowest BCUT2D eigenvalue weighted by Gasteiger charge is -2.23. The summed E-state index contributed by atoms with van der Waals surface area (Å²) in [6, 6.07) is 4.54. The van der Waals surface area contributed by atoms with Gasteiger partial charge in [-0.05, 0) is 39.1 Å². The standard InChI is InChI=1S/C13H22N2O4S/c1-13(2,18-4)7-8-19-11-6-5-10(14)9-12(11)20(16,17)15-3/h5-6,9,15H,7-8,14H2,1-4H3. The third kappa shape index (κ3) is 4.36. The quantitative estimate of drug-likeness (QED) is 0.742. The Morgan fingerprint density at radius 3 is 2.55 bits per heavy atom. The molecule has 0 aliphatic carbocycles. The first-order valence-electron chi connectivity index (χ1n) is 6.23. The van der Waals surface area contributed by atoms with Crippen LogP contribution in [0.3, 0.4) is 0 Å². The molecule has 0 aliphatic rings. The highest BCUT2D eigenvalue weighted by atomic mass is 32.2. The average molecular weight is 302 g/mol. The van der Waals surface area contributed by atoms with Crippen LogP contribution in [0.4, 0.5) is 5.69 Å². The molecule has 20 heavy (non-hydrogen) atoms. The van der Waals surface area contributed by atoms with Gasteiger partial charge < -0.3 is 15.2 Å². The molecule has 0 aromatic heterocycles. The maximum absolute atomic E-state index is 11.9. The van der Waals surface area contributed by atoms with Crippen molar-refractivity contribution in [3.05, 3.63) is 18.2 Å². The van der Waals surface area contributed by atoms with Crippen LogP contribution in [0, 0.1) is 0 Å². The summed E-state index contributed by atoms with van der Waals surface area (Å²) >= 11 is 0. The molecule has 7 heteroatoms. The van der Waals surface area contributed by atoms with Crippen LogP contribution >= 0.6 is 0 Å². The van der Waals surface area contributed by atoms with Gasteiger partial charge in [-0.15, -0.1) is 0 Å². The maximum Gasteiger partial charge on any atom is 0.244 e. The largest absolute Gasteiger partial charge is 0.492 e. The molecule has 0 spiro atoms. The minimum atomic E-state index is -3.61. The number of nitrogen functional groups attached to an aromatic ring is 1. The van der Waals surface area contributed by atoms with Gasteiger partial charge in [0.15, 0.2) is 0 Å². The van der Waals surface area contributed by atoms with E-state index in [9.17, 15) is 8.42 Å². The lowest BCUT2D eigenvalue weighted by molar-refractivity contribution is 0.00522. The van der Waals surface area contributed by atoms with Gasteiger partial charge in [0, 0.05) is 19.2 Å². The first-order valence-corrected chi connectivity index (χ1v) is 7.71. The van der Waals surface area contributed by atoms with Gasteiger partial charge in [0.05, 0.1) is 12.2 Å². The molecule has 0 radical (unpaired) electrons. The SMILES string of the molecule is CNS(=O)(=O)c1cc(N)ccc1OCCC(C)(C)OC. The van der Waals surface area contributed by atoms with Crippen molar-refractivity contribution in [2.24, 2.45) is 0 Å². The monoisotopic (exact) mass is 302 g/mol. The molecule has 0 amide bonds. The lowest BCUT2D eigenvalue weighted by atomic mass is 10.1. The summed E-state index contributed by atoms with van der Waals surface area (Å²) in [5.74, 6) is 0.278. The van der Waals surface area contributed by atoms with E-state index in [2.05, 4.69) is 4.72 Å². The number of benzene rings is 1. The third-order valence-corrected chi connectivity index (χ3v) is 4.48.